The number of hydrogen-bond acceptors (Lipinski definition) is 6. The number of anilines is 2. The summed E-state index contributed by atoms with van der Waals surface area (Å²) in [5, 5.41) is 2.95. The number of hydrogen-bond donors (Lipinski definition) is 3. The molecule has 0 bridgehead atoms. The van der Waals surface area contributed by atoms with E-state index in [1.165, 1.54) is 0 Å². The van der Waals surface area contributed by atoms with Crippen molar-refractivity contribution < 1.29 is 4.79 Å². The van der Waals surface area contributed by atoms with Crippen molar-refractivity contribution in [1.29, 1.82) is 0 Å². The third-order valence-electron chi connectivity index (χ3n) is 4.12. The summed E-state index contributed by atoms with van der Waals surface area (Å²) < 4.78 is 0. The average molecular weight is 276 g/mol. The highest BCUT2D eigenvalue weighted by Crippen LogP contribution is 2.31. The number of hydrazine groups is 1. The van der Waals surface area contributed by atoms with E-state index in [0.717, 1.165) is 37.4 Å². The molecule has 2 fully saturated rings. The molecule has 0 saturated carbocycles. The molecule has 7 heteroatoms. The van der Waals surface area contributed by atoms with Gasteiger partial charge in [-0.3, -0.25) is 4.79 Å². The van der Waals surface area contributed by atoms with Crippen LogP contribution in [0.1, 0.15) is 25.6 Å². The number of carbonyl (C=O) groups excluding carboxylic acids is 1. The number of nitrogen functional groups attached to an aromatic ring is 1. The van der Waals surface area contributed by atoms with Gasteiger partial charge in [0.1, 0.15) is 17.5 Å². The first-order valence-corrected chi connectivity index (χ1v) is 7.12. The number of nitrogens with two attached hydrogens (primary N) is 1. The van der Waals surface area contributed by atoms with E-state index >= 15 is 0 Å². The van der Waals surface area contributed by atoms with Crippen LogP contribution in [0.4, 0.5) is 11.6 Å². The molecule has 0 radical (unpaired) electrons. The summed E-state index contributed by atoms with van der Waals surface area (Å²) >= 11 is 0. The number of fused-ring (bicyclic) bond motifs is 1. The Morgan fingerprint density at radius 2 is 2.40 bits per heavy atom. The van der Waals surface area contributed by atoms with E-state index < -0.39 is 0 Å². The molecule has 2 unspecified atom stereocenters. The molecule has 0 aliphatic carbocycles. The zero-order chi connectivity index (χ0) is 14.1. The number of nitrogens with one attached hydrogen (secondary N) is 2. The number of nitrogens with zero attached hydrogens (tertiary/aromatic N) is 3. The first-order chi connectivity index (χ1) is 9.72. The molecule has 4 N–H and O–H groups in total. The normalized spacial score (nSPS) is 25.3. The van der Waals surface area contributed by atoms with Gasteiger partial charge in [-0.2, -0.15) is 0 Å². The van der Waals surface area contributed by atoms with E-state index in [-0.39, 0.29) is 17.9 Å². The number of carbonyl (C=O) groups is 1. The van der Waals surface area contributed by atoms with Gasteiger partial charge in [-0.25, -0.2) is 15.8 Å². The molecule has 2 atom stereocenters. The molecule has 1 aromatic rings. The number of piperidine rings is 1. The molecule has 2 saturated heterocycles. The van der Waals surface area contributed by atoms with Crippen LogP contribution < -0.4 is 21.5 Å². The Kier molecular flexibility index (Phi) is 3.43. The first-order valence-electron chi connectivity index (χ1n) is 7.12. The lowest BCUT2D eigenvalue weighted by Crippen LogP contribution is -2.46. The van der Waals surface area contributed by atoms with Crippen molar-refractivity contribution >= 4 is 17.5 Å². The summed E-state index contributed by atoms with van der Waals surface area (Å²) in [6, 6.07) is 2.05. The fourth-order valence-electron chi connectivity index (χ4n) is 3.10. The average Bonchev–Trinajstić information content (AvgIpc) is 2.88. The molecule has 108 valence electrons. The van der Waals surface area contributed by atoms with E-state index in [0.29, 0.717) is 12.4 Å². The van der Waals surface area contributed by atoms with Gasteiger partial charge >= 0.3 is 0 Å². The minimum atomic E-state index is 0.0816. The Morgan fingerprint density at radius 1 is 1.55 bits per heavy atom. The molecule has 7 nitrogen and oxygen atoms in total. The van der Waals surface area contributed by atoms with Crippen LogP contribution in [0.25, 0.3) is 0 Å². The van der Waals surface area contributed by atoms with Crippen molar-refractivity contribution in [2.75, 3.05) is 23.4 Å². The highest BCUT2D eigenvalue weighted by Gasteiger charge is 2.41. The summed E-state index contributed by atoms with van der Waals surface area (Å²) in [4.78, 5) is 22.9. The largest absolute Gasteiger partial charge is 0.354 e. The highest BCUT2D eigenvalue weighted by molar-refractivity contribution is 5.83. The molecule has 2 aliphatic rings. The van der Waals surface area contributed by atoms with Crippen LogP contribution in [0.3, 0.4) is 0 Å². The summed E-state index contributed by atoms with van der Waals surface area (Å²) in [5.41, 5.74) is 2.59. The van der Waals surface area contributed by atoms with E-state index in [1.807, 2.05) is 13.0 Å². The SMILES string of the molecule is CCc1nc(NN)cc(N2CCCC3C(=O)NCC32)n1. The topological polar surface area (TPSA) is 96.2 Å². The van der Waals surface area contributed by atoms with Crippen molar-refractivity contribution in [2.24, 2.45) is 11.8 Å². The lowest BCUT2D eigenvalue weighted by Gasteiger charge is -2.37. The third-order valence-corrected chi connectivity index (χ3v) is 4.12. The molecule has 3 heterocycles. The maximum absolute atomic E-state index is 11.8. The van der Waals surface area contributed by atoms with Gasteiger partial charge in [0, 0.05) is 25.6 Å². The molecule has 1 amide bonds. The summed E-state index contributed by atoms with van der Waals surface area (Å²) in [7, 11) is 0. The van der Waals surface area contributed by atoms with Gasteiger partial charge < -0.3 is 15.6 Å². The molecule has 1 aromatic heterocycles. The van der Waals surface area contributed by atoms with E-state index in [9.17, 15) is 4.79 Å². The van der Waals surface area contributed by atoms with Crippen molar-refractivity contribution in [3.63, 3.8) is 0 Å². The Hall–Kier alpha value is -1.89. The van der Waals surface area contributed by atoms with Gasteiger partial charge in [0.2, 0.25) is 5.91 Å². The molecule has 0 aromatic carbocycles. The lowest BCUT2D eigenvalue weighted by molar-refractivity contribution is -0.122. The van der Waals surface area contributed by atoms with Crippen molar-refractivity contribution in [2.45, 2.75) is 32.2 Å². The van der Waals surface area contributed by atoms with Crippen molar-refractivity contribution in [3.05, 3.63) is 11.9 Å². The second-order valence-corrected chi connectivity index (χ2v) is 5.28. The molecular formula is C13H20N6O. The zero-order valence-electron chi connectivity index (χ0n) is 11.6. The summed E-state index contributed by atoms with van der Waals surface area (Å²) in [5.74, 6) is 7.96. The first kappa shape index (κ1) is 13.1. The Labute approximate surface area is 117 Å². The smallest absolute Gasteiger partial charge is 0.225 e. The summed E-state index contributed by atoms with van der Waals surface area (Å²) in [6.07, 6.45) is 2.72. The monoisotopic (exact) mass is 276 g/mol. The van der Waals surface area contributed by atoms with Gasteiger partial charge in [-0.15, -0.1) is 0 Å². The number of aryl methyl sites for hydroxylation is 1. The zero-order valence-corrected chi connectivity index (χ0v) is 11.6. The van der Waals surface area contributed by atoms with Gasteiger partial charge in [0.05, 0.1) is 12.0 Å². The number of amides is 1. The van der Waals surface area contributed by atoms with Gasteiger partial charge in [0.25, 0.3) is 0 Å². The minimum Gasteiger partial charge on any atom is -0.354 e. The third kappa shape index (κ3) is 2.18. The summed E-state index contributed by atoms with van der Waals surface area (Å²) in [6.45, 7) is 3.62. The van der Waals surface area contributed by atoms with Crippen LogP contribution >= 0.6 is 0 Å². The Morgan fingerprint density at radius 3 is 3.15 bits per heavy atom. The van der Waals surface area contributed by atoms with E-state index in [2.05, 4.69) is 25.6 Å². The minimum absolute atomic E-state index is 0.0816. The van der Waals surface area contributed by atoms with Crippen molar-refractivity contribution in [3.8, 4) is 0 Å². The fourth-order valence-corrected chi connectivity index (χ4v) is 3.10. The number of aromatic nitrogens is 2. The predicted octanol–water partition coefficient (Wildman–Crippen LogP) is 0.0394. The molecular weight excluding hydrogens is 256 g/mol. The maximum Gasteiger partial charge on any atom is 0.225 e. The van der Waals surface area contributed by atoms with Crippen LogP contribution in [-0.2, 0) is 11.2 Å². The molecule has 20 heavy (non-hydrogen) atoms. The van der Waals surface area contributed by atoms with E-state index in [1.54, 1.807) is 0 Å². The van der Waals surface area contributed by atoms with Crippen LogP contribution in [0.15, 0.2) is 6.07 Å². The van der Waals surface area contributed by atoms with Gasteiger partial charge in [0.15, 0.2) is 0 Å². The Bertz CT molecular complexity index is 497. The second kappa shape index (κ2) is 5.24. The van der Waals surface area contributed by atoms with Gasteiger partial charge in [-0.05, 0) is 12.8 Å². The predicted molar refractivity (Wildman–Crippen MR) is 76.1 cm³/mol. The van der Waals surface area contributed by atoms with Crippen LogP contribution in [0.2, 0.25) is 0 Å². The maximum atomic E-state index is 11.8. The molecule has 3 rings (SSSR count). The molecule has 0 spiro atoms. The van der Waals surface area contributed by atoms with E-state index in [4.69, 9.17) is 5.84 Å². The standard InChI is InChI=1S/C13H20N6O/c1-2-10-16-11(18-14)6-12(17-10)19-5-3-4-8-9(19)7-15-13(8)20/h6,8-9H,2-5,7,14H2,1H3,(H,15,20)(H,16,17,18). The quantitative estimate of drug-likeness (QED) is 0.533. The van der Waals surface area contributed by atoms with Gasteiger partial charge in [-0.1, -0.05) is 6.92 Å². The molecule has 2 aliphatic heterocycles. The second-order valence-electron chi connectivity index (χ2n) is 5.28. The van der Waals surface area contributed by atoms with Crippen molar-refractivity contribution in [1.82, 2.24) is 15.3 Å². The lowest BCUT2D eigenvalue weighted by atomic mass is 9.91. The number of rotatable bonds is 3. The Balaban J connectivity index is 1.93. The fraction of sp³-hybridized carbons (Fsp3) is 0.615. The highest BCUT2D eigenvalue weighted by atomic mass is 16.2. The van der Waals surface area contributed by atoms with Crippen LogP contribution in [0, 0.1) is 5.92 Å². The van der Waals surface area contributed by atoms with Crippen LogP contribution in [-0.4, -0.2) is 35.0 Å². The van der Waals surface area contributed by atoms with Crippen LogP contribution in [0.5, 0.6) is 0 Å².